The molecular formula is C24H23N3O11S3. The van der Waals surface area contributed by atoms with Gasteiger partial charge in [0.25, 0.3) is 30.4 Å². The van der Waals surface area contributed by atoms with Gasteiger partial charge in [0.15, 0.2) is 11.6 Å². The van der Waals surface area contributed by atoms with Gasteiger partial charge in [-0.1, -0.05) is 0 Å². The van der Waals surface area contributed by atoms with Crippen LogP contribution in [0.1, 0.15) is 48.5 Å². The van der Waals surface area contributed by atoms with Crippen LogP contribution in [0, 0.1) is 13.8 Å². The molecule has 0 saturated heterocycles. The highest BCUT2D eigenvalue weighted by molar-refractivity contribution is 7.86. The Balaban J connectivity index is 2.09. The average Bonchev–Trinajstić information content (AvgIpc) is 2.84. The van der Waals surface area contributed by atoms with Crippen LogP contribution in [0.25, 0.3) is 0 Å². The van der Waals surface area contributed by atoms with Crippen LogP contribution in [0.2, 0.25) is 0 Å². The van der Waals surface area contributed by atoms with Crippen LogP contribution in [0.15, 0.2) is 45.0 Å². The van der Waals surface area contributed by atoms with Gasteiger partial charge in [0.05, 0.1) is 32.3 Å². The van der Waals surface area contributed by atoms with Gasteiger partial charge < -0.3 is 16.4 Å². The number of rotatable bonds is 7. The van der Waals surface area contributed by atoms with E-state index in [2.05, 4.69) is 10.6 Å². The summed E-state index contributed by atoms with van der Waals surface area (Å²) >= 11 is 0. The van der Waals surface area contributed by atoms with Gasteiger partial charge in [-0.3, -0.25) is 23.2 Å². The summed E-state index contributed by atoms with van der Waals surface area (Å²) in [4.78, 5) is 25.1. The summed E-state index contributed by atoms with van der Waals surface area (Å²) in [5.41, 5.74) is 3.72. The molecule has 4 rings (SSSR count). The van der Waals surface area contributed by atoms with Gasteiger partial charge in [0, 0.05) is 23.4 Å². The first-order valence-corrected chi connectivity index (χ1v) is 15.8. The molecule has 0 radical (unpaired) electrons. The second-order valence-electron chi connectivity index (χ2n) is 9.19. The van der Waals surface area contributed by atoms with E-state index in [1.165, 1.54) is 13.0 Å². The Morgan fingerprint density at radius 3 is 1.88 bits per heavy atom. The molecule has 0 fully saturated rings. The van der Waals surface area contributed by atoms with Gasteiger partial charge in [0.1, 0.15) is 4.90 Å². The van der Waals surface area contributed by atoms with E-state index in [1.807, 2.05) is 0 Å². The van der Waals surface area contributed by atoms with E-state index in [1.54, 1.807) is 14.0 Å². The molecule has 218 valence electrons. The van der Waals surface area contributed by atoms with Crippen molar-refractivity contribution in [3.05, 3.63) is 69.3 Å². The molecule has 41 heavy (non-hydrogen) atoms. The number of carbonyl (C=O) groups excluding carboxylic acids is 2. The molecule has 1 aliphatic carbocycles. The zero-order valence-electron chi connectivity index (χ0n) is 21.5. The molecule has 0 amide bonds. The summed E-state index contributed by atoms with van der Waals surface area (Å²) in [5, 5.41) is 5.64. The number of nitrogens with two attached hydrogens (primary N) is 1. The predicted molar refractivity (Wildman–Crippen MR) is 146 cm³/mol. The highest BCUT2D eigenvalue weighted by atomic mass is 32.2. The van der Waals surface area contributed by atoms with Crippen molar-refractivity contribution >= 4 is 59.0 Å². The number of hydrogen-bond donors (Lipinski definition) is 6. The maximum Gasteiger partial charge on any atom is 0.296 e. The van der Waals surface area contributed by atoms with E-state index in [-0.39, 0.29) is 29.0 Å². The van der Waals surface area contributed by atoms with Gasteiger partial charge in [-0.05, 0) is 67.9 Å². The third-order valence-electron chi connectivity index (χ3n) is 6.65. The zero-order chi connectivity index (χ0) is 30.8. The zero-order valence-corrected chi connectivity index (χ0v) is 24.0. The number of nitrogen functional groups attached to an aromatic ring is 1. The lowest BCUT2D eigenvalue weighted by Gasteiger charge is -2.25. The van der Waals surface area contributed by atoms with Crippen molar-refractivity contribution in [2.45, 2.75) is 35.1 Å². The van der Waals surface area contributed by atoms with E-state index in [0.717, 1.165) is 24.3 Å². The predicted octanol–water partition coefficient (Wildman–Crippen LogP) is 1.86. The molecule has 0 spiro atoms. The Kier molecular flexibility index (Phi) is 7.37. The van der Waals surface area contributed by atoms with E-state index in [9.17, 15) is 48.5 Å². The number of carbonyl (C=O) groups is 2. The number of ketones is 2. The minimum absolute atomic E-state index is 0.0170. The number of fused-ring (bicyclic) bond motifs is 2. The van der Waals surface area contributed by atoms with Crippen LogP contribution in [0.4, 0.5) is 17.1 Å². The third-order valence-corrected chi connectivity index (χ3v) is 9.37. The monoisotopic (exact) mass is 625 g/mol. The standard InChI is InChI=1S/C24H23N3O11S3/c1-10-12(9-26-3)6-17(40(33,34)35)11(2)22(10)27-16-8-18(41(36,37)38)21(25)20-19(16)23(28)14-5-4-13(39(30,31)32)7-15(14)24(20)29/h4-8,26-27H,9,25H2,1-3H3,(H,30,31,32)(H,33,34,35)(H,36,37,38). The smallest absolute Gasteiger partial charge is 0.296 e. The van der Waals surface area contributed by atoms with E-state index < -0.39 is 79.0 Å². The number of benzene rings is 3. The highest BCUT2D eigenvalue weighted by Gasteiger charge is 2.37. The summed E-state index contributed by atoms with van der Waals surface area (Å²) in [6, 6.07) is 4.64. The van der Waals surface area contributed by atoms with Crippen LogP contribution < -0.4 is 16.4 Å². The first-order valence-electron chi connectivity index (χ1n) is 11.5. The molecule has 0 unspecified atom stereocenters. The molecule has 0 atom stereocenters. The summed E-state index contributed by atoms with van der Waals surface area (Å²) in [5.74, 6) is -1.98. The Labute approximate surface area is 234 Å². The Bertz CT molecular complexity index is 2020. The minimum Gasteiger partial charge on any atom is -0.397 e. The highest BCUT2D eigenvalue weighted by Crippen LogP contribution is 2.42. The second kappa shape index (κ2) is 9.98. The molecule has 3 aromatic rings. The molecule has 1 aliphatic rings. The molecule has 0 bridgehead atoms. The topological polar surface area (TPSA) is 247 Å². The fourth-order valence-electron chi connectivity index (χ4n) is 4.70. The molecule has 0 saturated carbocycles. The van der Waals surface area contributed by atoms with E-state index in [4.69, 9.17) is 5.73 Å². The first kappa shape index (κ1) is 30.3. The number of hydrogen-bond acceptors (Lipinski definition) is 11. The number of anilines is 3. The summed E-state index contributed by atoms with van der Waals surface area (Å²) in [6.45, 7) is 3.07. The van der Waals surface area contributed by atoms with E-state index in [0.29, 0.717) is 11.1 Å². The van der Waals surface area contributed by atoms with Crippen molar-refractivity contribution in [3.8, 4) is 0 Å². The fraction of sp³-hybridized carbons (Fsp3) is 0.167. The first-order chi connectivity index (χ1) is 18.8. The summed E-state index contributed by atoms with van der Waals surface area (Å²) in [7, 11) is -13.1. The van der Waals surface area contributed by atoms with Gasteiger partial charge in [-0.15, -0.1) is 0 Å². The van der Waals surface area contributed by atoms with E-state index >= 15 is 0 Å². The van der Waals surface area contributed by atoms with Crippen molar-refractivity contribution in [3.63, 3.8) is 0 Å². The van der Waals surface area contributed by atoms with Crippen molar-refractivity contribution in [1.29, 1.82) is 0 Å². The van der Waals surface area contributed by atoms with Crippen LogP contribution in [-0.2, 0) is 36.9 Å². The molecule has 0 aliphatic heterocycles. The number of nitrogens with one attached hydrogen (secondary N) is 2. The van der Waals surface area contributed by atoms with Crippen molar-refractivity contribution in [2.75, 3.05) is 18.1 Å². The van der Waals surface area contributed by atoms with Crippen molar-refractivity contribution < 1.29 is 48.5 Å². The lowest BCUT2D eigenvalue weighted by molar-refractivity contribution is 0.0980. The fourth-order valence-corrected chi connectivity index (χ4v) is 6.63. The van der Waals surface area contributed by atoms with Crippen LogP contribution in [0.5, 0.6) is 0 Å². The molecule has 14 nitrogen and oxygen atoms in total. The molecule has 0 heterocycles. The second-order valence-corrected chi connectivity index (χ2v) is 13.4. The largest absolute Gasteiger partial charge is 0.397 e. The molecular weight excluding hydrogens is 602 g/mol. The summed E-state index contributed by atoms with van der Waals surface area (Å²) in [6.07, 6.45) is 0. The Morgan fingerprint density at radius 2 is 1.34 bits per heavy atom. The minimum atomic E-state index is -5.11. The molecule has 3 aromatic carbocycles. The third kappa shape index (κ3) is 5.23. The lowest BCUT2D eigenvalue weighted by atomic mass is 9.82. The van der Waals surface area contributed by atoms with Crippen LogP contribution in [-0.4, -0.2) is 57.5 Å². The van der Waals surface area contributed by atoms with Crippen molar-refractivity contribution in [2.24, 2.45) is 0 Å². The van der Waals surface area contributed by atoms with Gasteiger partial charge >= 0.3 is 0 Å². The lowest BCUT2D eigenvalue weighted by Crippen LogP contribution is -2.25. The molecule has 0 aromatic heterocycles. The van der Waals surface area contributed by atoms with Gasteiger partial charge in [-0.2, -0.15) is 25.3 Å². The summed E-state index contributed by atoms with van der Waals surface area (Å²) < 4.78 is 101. The van der Waals surface area contributed by atoms with Crippen molar-refractivity contribution in [1.82, 2.24) is 5.32 Å². The van der Waals surface area contributed by atoms with Gasteiger partial charge in [-0.25, -0.2) is 0 Å². The SMILES string of the molecule is CNCc1cc(S(=O)(=O)O)c(C)c(Nc2cc(S(=O)(=O)O)c(N)c3c2C(=O)c2ccc(S(=O)(=O)O)cc2C3=O)c1C. The molecule has 7 N–H and O–H groups in total. The quantitative estimate of drug-likeness (QED) is 0.127. The van der Waals surface area contributed by atoms with Gasteiger partial charge in [0.2, 0.25) is 0 Å². The maximum absolute atomic E-state index is 13.7. The Morgan fingerprint density at radius 1 is 0.756 bits per heavy atom. The van der Waals surface area contributed by atoms with Crippen LogP contribution in [0.3, 0.4) is 0 Å². The maximum atomic E-state index is 13.7. The normalized spacial score (nSPS) is 13.6. The molecule has 17 heteroatoms. The van der Waals surface area contributed by atoms with Crippen LogP contribution >= 0.6 is 0 Å². The Hall–Kier alpha value is -3.71. The average molecular weight is 626 g/mol.